The molecule has 0 aliphatic carbocycles. The van der Waals surface area contributed by atoms with Crippen LogP contribution in [0.4, 0.5) is 11.4 Å². The van der Waals surface area contributed by atoms with E-state index in [1.807, 2.05) is 55.5 Å². The van der Waals surface area contributed by atoms with Crippen LogP contribution < -0.4 is 0 Å². The van der Waals surface area contributed by atoms with Crippen molar-refractivity contribution in [1.82, 2.24) is 15.0 Å². The van der Waals surface area contributed by atoms with Crippen molar-refractivity contribution in [2.75, 3.05) is 0 Å². The highest BCUT2D eigenvalue weighted by Gasteiger charge is 2.21. The fourth-order valence-electron chi connectivity index (χ4n) is 3.78. The van der Waals surface area contributed by atoms with Gasteiger partial charge in [-0.25, -0.2) is 9.98 Å². The predicted octanol–water partition coefficient (Wildman–Crippen LogP) is 5.65. The molecule has 162 valence electrons. The third-order valence-electron chi connectivity index (χ3n) is 5.43. The normalized spacial score (nSPS) is 11.7. The van der Waals surface area contributed by atoms with Gasteiger partial charge in [0.05, 0.1) is 40.1 Å². The van der Waals surface area contributed by atoms with Gasteiger partial charge >= 0.3 is 0 Å². The molecule has 0 saturated heterocycles. The molecule has 3 N–H and O–H groups in total. The van der Waals surface area contributed by atoms with Crippen molar-refractivity contribution in [2.45, 2.75) is 6.92 Å². The van der Waals surface area contributed by atoms with E-state index in [-0.39, 0.29) is 11.6 Å². The second kappa shape index (κ2) is 8.08. The topological polar surface area (TPSA) is 120 Å². The van der Waals surface area contributed by atoms with Gasteiger partial charge in [0, 0.05) is 34.2 Å². The lowest BCUT2D eigenvalue weighted by Crippen LogP contribution is -2.03. The first-order valence-corrected chi connectivity index (χ1v) is 10.2. The molecule has 0 bridgehead atoms. The van der Waals surface area contributed by atoms with Gasteiger partial charge in [0.2, 0.25) is 0 Å². The number of imidazole rings is 1. The Morgan fingerprint density at radius 3 is 2.64 bits per heavy atom. The fraction of sp³-hybridized carbons (Fsp3) is 0.0400. The summed E-state index contributed by atoms with van der Waals surface area (Å²) in [5.41, 5.74) is 5.72. The van der Waals surface area contributed by atoms with Crippen LogP contribution in [0.3, 0.4) is 0 Å². The van der Waals surface area contributed by atoms with Gasteiger partial charge in [-0.2, -0.15) is 0 Å². The minimum absolute atomic E-state index is 0.0627. The monoisotopic (exact) mass is 437 g/mol. The summed E-state index contributed by atoms with van der Waals surface area (Å²) in [5, 5.41) is 22.7. The predicted molar refractivity (Wildman–Crippen MR) is 127 cm³/mol. The highest BCUT2D eigenvalue weighted by molar-refractivity contribution is 6.22. The average molecular weight is 437 g/mol. The maximum atomic E-state index is 11.4. The van der Waals surface area contributed by atoms with Crippen molar-refractivity contribution in [3.63, 3.8) is 0 Å². The summed E-state index contributed by atoms with van der Waals surface area (Å²) in [6.45, 7) is 1.99. The number of benzene rings is 3. The van der Waals surface area contributed by atoms with E-state index in [4.69, 9.17) is 4.99 Å². The van der Waals surface area contributed by atoms with Crippen molar-refractivity contribution in [2.24, 2.45) is 4.99 Å². The number of aromatic nitrogens is 3. The Balaban J connectivity index is 1.74. The summed E-state index contributed by atoms with van der Waals surface area (Å²) < 4.78 is 0. The van der Waals surface area contributed by atoms with E-state index in [0.717, 1.165) is 22.4 Å². The van der Waals surface area contributed by atoms with Crippen LogP contribution in [0.2, 0.25) is 0 Å². The Bertz CT molecular complexity index is 1500. The first-order chi connectivity index (χ1) is 16.0. The van der Waals surface area contributed by atoms with Crippen molar-refractivity contribution < 1.29 is 10.0 Å². The molecule has 0 aliphatic rings. The number of hydrogen-bond donors (Lipinski definition) is 3. The Morgan fingerprint density at radius 1 is 1.09 bits per heavy atom. The first-order valence-electron chi connectivity index (χ1n) is 10.2. The molecule has 33 heavy (non-hydrogen) atoms. The average Bonchev–Trinajstić information content (AvgIpc) is 3.46. The SMILES string of the molecule is Cc1ccc(C(=Nc2cccc(-c3cnc[nH]3)c2)c2c(O)[nH]c3ccc([N+](=O)[O-])cc23)cc1. The number of hydrogen-bond acceptors (Lipinski definition) is 5. The van der Waals surface area contributed by atoms with Gasteiger partial charge in [0.15, 0.2) is 5.88 Å². The van der Waals surface area contributed by atoms with Crippen LogP contribution in [-0.2, 0) is 0 Å². The van der Waals surface area contributed by atoms with E-state index in [1.54, 1.807) is 18.6 Å². The number of rotatable bonds is 5. The largest absolute Gasteiger partial charge is 0.494 e. The minimum atomic E-state index is -0.455. The van der Waals surface area contributed by atoms with Gasteiger partial charge in [-0.05, 0) is 25.1 Å². The minimum Gasteiger partial charge on any atom is -0.494 e. The zero-order valence-corrected chi connectivity index (χ0v) is 17.6. The van der Waals surface area contributed by atoms with Crippen molar-refractivity contribution in [1.29, 1.82) is 0 Å². The Morgan fingerprint density at radius 2 is 1.91 bits per heavy atom. The zero-order chi connectivity index (χ0) is 22.9. The number of nitro groups is 1. The van der Waals surface area contributed by atoms with Crippen molar-refractivity contribution in [3.8, 4) is 17.1 Å². The second-order valence-electron chi connectivity index (χ2n) is 7.68. The molecule has 5 rings (SSSR count). The first kappa shape index (κ1) is 20.2. The highest BCUT2D eigenvalue weighted by Crippen LogP contribution is 2.34. The van der Waals surface area contributed by atoms with E-state index in [9.17, 15) is 15.2 Å². The molecule has 2 heterocycles. The molecular weight excluding hydrogens is 418 g/mol. The van der Waals surface area contributed by atoms with Crippen molar-refractivity contribution >= 4 is 28.0 Å². The van der Waals surface area contributed by atoms with Crippen LogP contribution in [0, 0.1) is 17.0 Å². The Labute approximate surface area is 188 Å². The van der Waals surface area contributed by atoms with Crippen LogP contribution in [0.25, 0.3) is 22.2 Å². The van der Waals surface area contributed by atoms with Gasteiger partial charge in [0.1, 0.15) is 0 Å². The number of non-ortho nitro benzene ring substituents is 1. The van der Waals surface area contributed by atoms with E-state index < -0.39 is 4.92 Å². The number of aromatic hydroxyl groups is 1. The second-order valence-corrected chi connectivity index (χ2v) is 7.68. The summed E-state index contributed by atoms with van der Waals surface area (Å²) in [7, 11) is 0. The molecule has 0 atom stereocenters. The molecule has 0 radical (unpaired) electrons. The Kier molecular flexibility index (Phi) is 4.95. The van der Waals surface area contributed by atoms with E-state index in [2.05, 4.69) is 15.0 Å². The molecule has 0 amide bonds. The van der Waals surface area contributed by atoms with Gasteiger partial charge < -0.3 is 15.1 Å². The lowest BCUT2D eigenvalue weighted by molar-refractivity contribution is -0.384. The number of H-pyrrole nitrogens is 2. The molecule has 5 aromatic rings. The molecule has 0 aliphatic heterocycles. The van der Waals surface area contributed by atoms with Crippen molar-refractivity contribution in [3.05, 3.63) is 106 Å². The molecule has 2 aromatic heterocycles. The zero-order valence-electron chi connectivity index (χ0n) is 17.6. The number of fused-ring (bicyclic) bond motifs is 1. The third-order valence-corrected chi connectivity index (χ3v) is 5.43. The molecule has 0 fully saturated rings. The molecular formula is C25H19N5O3. The van der Waals surface area contributed by atoms with Crippen LogP contribution in [0.1, 0.15) is 16.7 Å². The molecule has 0 spiro atoms. The van der Waals surface area contributed by atoms with Crippen LogP contribution in [-0.4, -0.2) is 30.7 Å². The maximum Gasteiger partial charge on any atom is 0.270 e. The number of nitrogens with one attached hydrogen (secondary N) is 2. The Hall–Kier alpha value is -4.72. The quantitative estimate of drug-likeness (QED) is 0.187. The van der Waals surface area contributed by atoms with Gasteiger partial charge in [0.25, 0.3) is 5.69 Å². The standard InChI is InChI=1S/C25H19N5O3/c1-15-5-7-16(8-6-15)24(28-18-4-2-3-17(11-18)22-13-26-14-27-22)23-20-12-19(30(32)33)9-10-21(20)29-25(23)31/h2-14,29,31H,1H3,(H,26,27). The molecule has 8 nitrogen and oxygen atoms in total. The van der Waals surface area contributed by atoms with Gasteiger partial charge in [-0.1, -0.05) is 42.0 Å². The van der Waals surface area contributed by atoms with Gasteiger partial charge in [-0.15, -0.1) is 0 Å². The molecule has 0 unspecified atom stereocenters. The van der Waals surface area contributed by atoms with Gasteiger partial charge in [-0.3, -0.25) is 10.1 Å². The molecule has 8 heteroatoms. The molecule has 0 saturated carbocycles. The smallest absolute Gasteiger partial charge is 0.270 e. The summed E-state index contributed by atoms with van der Waals surface area (Å²) in [6.07, 6.45) is 3.34. The summed E-state index contributed by atoms with van der Waals surface area (Å²) in [4.78, 5) is 25.9. The summed E-state index contributed by atoms with van der Waals surface area (Å²) in [5.74, 6) is -0.102. The molecule has 3 aromatic carbocycles. The maximum absolute atomic E-state index is 11.4. The van der Waals surface area contributed by atoms with E-state index >= 15 is 0 Å². The summed E-state index contributed by atoms with van der Waals surface area (Å²) in [6, 6.07) is 19.8. The van der Waals surface area contributed by atoms with Crippen LogP contribution in [0.5, 0.6) is 5.88 Å². The highest BCUT2D eigenvalue weighted by atomic mass is 16.6. The lowest BCUT2D eigenvalue weighted by Gasteiger charge is -2.09. The van der Waals surface area contributed by atoms with Crippen LogP contribution in [0.15, 0.2) is 84.2 Å². The van der Waals surface area contributed by atoms with E-state index in [1.165, 1.54) is 12.1 Å². The van der Waals surface area contributed by atoms with E-state index in [0.29, 0.717) is 27.9 Å². The fourth-order valence-corrected chi connectivity index (χ4v) is 3.78. The lowest BCUT2D eigenvalue weighted by atomic mass is 9.99. The number of aryl methyl sites for hydroxylation is 1. The van der Waals surface area contributed by atoms with Crippen LogP contribution >= 0.6 is 0 Å². The number of aliphatic imine (C=N–C) groups is 1. The third kappa shape index (κ3) is 3.85. The summed E-state index contributed by atoms with van der Waals surface area (Å²) >= 11 is 0. The number of aromatic amines is 2. The number of nitrogens with zero attached hydrogens (tertiary/aromatic N) is 3. The number of nitro benzene ring substituents is 1.